The van der Waals surface area contributed by atoms with Gasteiger partial charge in [-0.2, -0.15) is 4.98 Å². The van der Waals surface area contributed by atoms with Crippen LogP contribution in [-0.4, -0.2) is 39.6 Å². The molecule has 0 saturated carbocycles. The van der Waals surface area contributed by atoms with Crippen LogP contribution in [0.15, 0.2) is 34.6 Å². The van der Waals surface area contributed by atoms with E-state index >= 15 is 0 Å². The molecule has 9 heteroatoms. The molecule has 150 valence electrons. The Kier molecular flexibility index (Phi) is 6.13. The fourth-order valence-electron chi connectivity index (χ4n) is 3.19. The number of ether oxygens (including phenoxy) is 2. The summed E-state index contributed by atoms with van der Waals surface area (Å²) in [4.78, 5) is 16.8. The number of allylic oxidation sites excluding steroid dienone is 1. The van der Waals surface area contributed by atoms with E-state index in [0.717, 1.165) is 11.3 Å². The van der Waals surface area contributed by atoms with Gasteiger partial charge < -0.3 is 20.5 Å². The molecular weight excluding hydrogens is 378 g/mol. The summed E-state index contributed by atoms with van der Waals surface area (Å²) in [6, 6.07) is 5.12. The van der Waals surface area contributed by atoms with E-state index in [1.165, 1.54) is 11.8 Å². The molecule has 1 aliphatic rings. The lowest BCUT2D eigenvalue weighted by Crippen LogP contribution is -2.31. The van der Waals surface area contributed by atoms with E-state index < -0.39 is 11.9 Å². The van der Waals surface area contributed by atoms with Gasteiger partial charge in [-0.1, -0.05) is 24.8 Å². The number of nitrogens with one attached hydrogen (secondary N) is 1. The van der Waals surface area contributed by atoms with Crippen molar-refractivity contribution in [3.05, 3.63) is 35.0 Å². The predicted molar refractivity (Wildman–Crippen MR) is 109 cm³/mol. The van der Waals surface area contributed by atoms with Crippen LogP contribution in [0.5, 0.6) is 11.5 Å². The fourth-order valence-corrected chi connectivity index (χ4v) is 3.74. The number of fused-ring (bicyclic) bond motifs is 1. The molecule has 2 aromatic rings. The standard InChI is InChI=1S/C19H25N5O3S/c1-5-26-13-9-8-12(10-14(13)27-6-2)16-15(17(20)25)11(4)21-18-22-19(28-7-3)23-24(16)18/h8-10,16H,5-7H2,1-4H3,(H2,20,25)(H,21,22,23). The van der Waals surface area contributed by atoms with E-state index in [4.69, 9.17) is 15.2 Å². The normalized spacial score (nSPS) is 15.8. The van der Waals surface area contributed by atoms with E-state index in [1.54, 1.807) is 4.68 Å². The van der Waals surface area contributed by atoms with Gasteiger partial charge in [0.15, 0.2) is 11.5 Å². The number of hydrogen-bond donors (Lipinski definition) is 2. The lowest BCUT2D eigenvalue weighted by molar-refractivity contribution is -0.115. The first kappa shape index (κ1) is 20.1. The SMILES string of the molecule is CCOc1ccc(C2C(C(N)=O)=C(C)Nc3nc(SCC)nn32)cc1OCC. The molecule has 1 amide bonds. The molecule has 8 nitrogen and oxygen atoms in total. The number of rotatable bonds is 8. The Morgan fingerprint density at radius 2 is 1.96 bits per heavy atom. The number of anilines is 1. The number of amides is 1. The van der Waals surface area contributed by atoms with Gasteiger partial charge in [0, 0.05) is 5.70 Å². The number of aromatic nitrogens is 3. The van der Waals surface area contributed by atoms with E-state index in [9.17, 15) is 4.79 Å². The van der Waals surface area contributed by atoms with Crippen LogP contribution in [-0.2, 0) is 4.79 Å². The number of nitrogens with zero attached hydrogens (tertiary/aromatic N) is 3. The largest absolute Gasteiger partial charge is 0.490 e. The second kappa shape index (κ2) is 8.55. The minimum atomic E-state index is -0.507. The maximum atomic E-state index is 12.3. The highest BCUT2D eigenvalue weighted by Crippen LogP contribution is 2.39. The van der Waals surface area contributed by atoms with E-state index in [-0.39, 0.29) is 0 Å². The van der Waals surface area contributed by atoms with Crippen molar-refractivity contribution in [2.75, 3.05) is 24.3 Å². The van der Waals surface area contributed by atoms with Gasteiger partial charge in [-0.25, -0.2) is 4.68 Å². The van der Waals surface area contributed by atoms with Crippen molar-refractivity contribution in [2.45, 2.75) is 38.9 Å². The first-order valence-corrected chi connectivity index (χ1v) is 10.2. The van der Waals surface area contributed by atoms with Crippen LogP contribution in [0, 0.1) is 0 Å². The minimum Gasteiger partial charge on any atom is -0.490 e. The van der Waals surface area contributed by atoms with Crippen LogP contribution < -0.4 is 20.5 Å². The summed E-state index contributed by atoms with van der Waals surface area (Å²) in [5, 5.41) is 8.38. The second-order valence-electron chi connectivity index (χ2n) is 6.10. The number of benzene rings is 1. The van der Waals surface area contributed by atoms with Crippen LogP contribution >= 0.6 is 11.8 Å². The first-order valence-electron chi connectivity index (χ1n) is 9.26. The van der Waals surface area contributed by atoms with Gasteiger partial charge in [-0.05, 0) is 44.2 Å². The molecule has 2 heterocycles. The molecule has 0 fully saturated rings. The first-order chi connectivity index (χ1) is 13.5. The van der Waals surface area contributed by atoms with E-state index in [2.05, 4.69) is 15.4 Å². The maximum absolute atomic E-state index is 12.3. The van der Waals surface area contributed by atoms with Crippen LogP contribution in [0.3, 0.4) is 0 Å². The molecule has 1 aromatic carbocycles. The molecule has 1 aliphatic heterocycles. The second-order valence-corrected chi connectivity index (χ2v) is 7.33. The van der Waals surface area contributed by atoms with Crippen molar-refractivity contribution in [2.24, 2.45) is 5.73 Å². The third-order valence-electron chi connectivity index (χ3n) is 4.26. The Balaban J connectivity index is 2.14. The molecule has 3 rings (SSSR count). The highest BCUT2D eigenvalue weighted by Gasteiger charge is 2.33. The summed E-state index contributed by atoms with van der Waals surface area (Å²) in [7, 11) is 0. The van der Waals surface area contributed by atoms with Crippen molar-refractivity contribution in [3.8, 4) is 11.5 Å². The molecular formula is C19H25N5O3S. The van der Waals surface area contributed by atoms with Crippen molar-refractivity contribution in [1.29, 1.82) is 0 Å². The number of thioether (sulfide) groups is 1. The monoisotopic (exact) mass is 403 g/mol. The van der Waals surface area contributed by atoms with Crippen molar-refractivity contribution >= 4 is 23.6 Å². The lowest BCUT2D eigenvalue weighted by atomic mass is 9.95. The van der Waals surface area contributed by atoms with Crippen LogP contribution in [0.4, 0.5) is 5.95 Å². The van der Waals surface area contributed by atoms with Gasteiger partial charge in [-0.3, -0.25) is 4.79 Å². The summed E-state index contributed by atoms with van der Waals surface area (Å²) >= 11 is 1.53. The van der Waals surface area contributed by atoms with E-state index in [1.807, 2.05) is 45.9 Å². The van der Waals surface area contributed by atoms with Gasteiger partial charge in [0.1, 0.15) is 6.04 Å². The zero-order chi connectivity index (χ0) is 20.3. The Hall–Kier alpha value is -2.68. The van der Waals surface area contributed by atoms with Crippen molar-refractivity contribution in [1.82, 2.24) is 14.8 Å². The molecule has 3 N–H and O–H groups in total. The predicted octanol–water partition coefficient (Wildman–Crippen LogP) is 2.96. The average molecular weight is 404 g/mol. The highest BCUT2D eigenvalue weighted by molar-refractivity contribution is 7.99. The molecule has 28 heavy (non-hydrogen) atoms. The number of carbonyl (C=O) groups excluding carboxylic acids is 1. The molecule has 0 radical (unpaired) electrons. The maximum Gasteiger partial charge on any atom is 0.248 e. The van der Waals surface area contributed by atoms with Gasteiger partial charge in [-0.15, -0.1) is 5.10 Å². The van der Waals surface area contributed by atoms with Crippen LogP contribution in [0.25, 0.3) is 0 Å². The number of hydrogen-bond acceptors (Lipinski definition) is 7. The number of carbonyl (C=O) groups is 1. The molecule has 1 atom stereocenters. The zero-order valence-corrected chi connectivity index (χ0v) is 17.3. The molecule has 0 spiro atoms. The van der Waals surface area contributed by atoms with Crippen LogP contribution in [0.2, 0.25) is 0 Å². The van der Waals surface area contributed by atoms with Gasteiger partial charge in [0.25, 0.3) is 0 Å². The summed E-state index contributed by atoms with van der Waals surface area (Å²) in [5.74, 6) is 2.19. The zero-order valence-electron chi connectivity index (χ0n) is 16.5. The topological polar surface area (TPSA) is 104 Å². The number of primary amides is 1. The van der Waals surface area contributed by atoms with Crippen molar-refractivity contribution < 1.29 is 14.3 Å². The van der Waals surface area contributed by atoms with Gasteiger partial charge >= 0.3 is 0 Å². The molecule has 0 aliphatic carbocycles. The third-order valence-corrected chi connectivity index (χ3v) is 4.98. The fraction of sp³-hybridized carbons (Fsp3) is 0.421. The smallest absolute Gasteiger partial charge is 0.248 e. The molecule has 0 bridgehead atoms. The Bertz CT molecular complexity index is 909. The minimum absolute atomic E-state index is 0.442. The van der Waals surface area contributed by atoms with Crippen LogP contribution in [0.1, 0.15) is 39.3 Å². The average Bonchev–Trinajstić information content (AvgIpc) is 3.04. The summed E-state index contributed by atoms with van der Waals surface area (Å²) < 4.78 is 13.1. The summed E-state index contributed by atoms with van der Waals surface area (Å²) in [5.41, 5.74) is 7.65. The highest BCUT2D eigenvalue weighted by atomic mass is 32.2. The third kappa shape index (κ3) is 3.80. The quantitative estimate of drug-likeness (QED) is 0.653. The summed E-state index contributed by atoms with van der Waals surface area (Å²) in [6.45, 7) is 8.71. The molecule has 1 aromatic heterocycles. The van der Waals surface area contributed by atoms with Crippen molar-refractivity contribution in [3.63, 3.8) is 0 Å². The molecule has 1 unspecified atom stereocenters. The van der Waals surface area contributed by atoms with Gasteiger partial charge in [0.05, 0.1) is 18.8 Å². The lowest BCUT2D eigenvalue weighted by Gasteiger charge is -2.28. The summed E-state index contributed by atoms with van der Waals surface area (Å²) in [6.07, 6.45) is 0. The Morgan fingerprint density at radius 1 is 1.25 bits per heavy atom. The van der Waals surface area contributed by atoms with E-state index in [0.29, 0.717) is 47.1 Å². The number of nitrogens with two attached hydrogens (primary N) is 1. The molecule has 0 saturated heterocycles. The Labute approximate surface area is 168 Å². The van der Waals surface area contributed by atoms with Gasteiger partial charge in [0.2, 0.25) is 17.0 Å². The Morgan fingerprint density at radius 3 is 2.61 bits per heavy atom.